The predicted molar refractivity (Wildman–Crippen MR) is 113 cm³/mol. The number of aromatic nitrogens is 1. The van der Waals surface area contributed by atoms with Gasteiger partial charge in [0.2, 0.25) is 0 Å². The first-order valence-electron chi connectivity index (χ1n) is 9.48. The highest BCUT2D eigenvalue weighted by atomic mass is 16.5. The van der Waals surface area contributed by atoms with E-state index < -0.39 is 0 Å². The van der Waals surface area contributed by atoms with Crippen LogP contribution in [0.25, 0.3) is 0 Å². The van der Waals surface area contributed by atoms with E-state index in [0.29, 0.717) is 12.2 Å². The Kier molecular flexibility index (Phi) is 6.63. The molecule has 0 aliphatic heterocycles. The van der Waals surface area contributed by atoms with Crippen LogP contribution in [0.2, 0.25) is 0 Å². The molecular weight excluding hydrogens is 350 g/mol. The van der Waals surface area contributed by atoms with Gasteiger partial charge in [-0.05, 0) is 55.8 Å². The number of carbonyl (C=O) groups excluding carboxylic acids is 1. The Morgan fingerprint density at radius 1 is 1.00 bits per heavy atom. The van der Waals surface area contributed by atoms with Crippen molar-refractivity contribution in [2.24, 2.45) is 0 Å². The molecule has 0 saturated heterocycles. The molecule has 0 aliphatic rings. The molecule has 3 aromatic rings. The Bertz CT molecular complexity index is 878. The average Bonchev–Trinajstić information content (AvgIpc) is 2.74. The maximum Gasteiger partial charge on any atom is 0.257 e. The van der Waals surface area contributed by atoms with Crippen LogP contribution < -0.4 is 15.0 Å². The molecule has 0 unspecified atom stereocenters. The van der Waals surface area contributed by atoms with Crippen LogP contribution in [0.5, 0.6) is 5.75 Å². The van der Waals surface area contributed by atoms with Crippen molar-refractivity contribution in [1.29, 1.82) is 0 Å². The van der Waals surface area contributed by atoms with E-state index in [4.69, 9.17) is 4.74 Å². The molecule has 5 nitrogen and oxygen atoms in total. The normalized spacial score (nSPS) is 10.4. The number of anilines is 2. The minimum absolute atomic E-state index is 0.186. The molecule has 0 spiro atoms. The van der Waals surface area contributed by atoms with Gasteiger partial charge >= 0.3 is 0 Å². The first-order chi connectivity index (χ1) is 13.7. The molecule has 1 amide bonds. The summed E-state index contributed by atoms with van der Waals surface area (Å²) in [5.74, 6) is 1.45. The second kappa shape index (κ2) is 9.55. The summed E-state index contributed by atoms with van der Waals surface area (Å²) in [7, 11) is 0. The summed E-state index contributed by atoms with van der Waals surface area (Å²) in [6.07, 6.45) is 1.62. The van der Waals surface area contributed by atoms with E-state index in [2.05, 4.69) is 34.3 Å². The van der Waals surface area contributed by atoms with Crippen LogP contribution >= 0.6 is 0 Å². The summed E-state index contributed by atoms with van der Waals surface area (Å²) in [6, 6.07) is 21.3. The fraction of sp³-hybridized carbons (Fsp3) is 0.217. The second-order valence-corrected chi connectivity index (χ2v) is 6.32. The number of hydrogen-bond acceptors (Lipinski definition) is 4. The van der Waals surface area contributed by atoms with Gasteiger partial charge in [0.05, 0.1) is 12.2 Å². The smallest absolute Gasteiger partial charge is 0.257 e. The van der Waals surface area contributed by atoms with E-state index in [1.54, 1.807) is 12.3 Å². The lowest BCUT2D eigenvalue weighted by atomic mass is 10.2. The van der Waals surface area contributed by atoms with Gasteiger partial charge in [0, 0.05) is 25.0 Å². The van der Waals surface area contributed by atoms with Crippen molar-refractivity contribution in [1.82, 2.24) is 4.98 Å². The largest absolute Gasteiger partial charge is 0.494 e. The molecule has 2 aromatic carbocycles. The molecule has 0 bridgehead atoms. The van der Waals surface area contributed by atoms with E-state index >= 15 is 0 Å². The zero-order valence-electron chi connectivity index (χ0n) is 16.3. The molecule has 0 aliphatic carbocycles. The third-order valence-electron chi connectivity index (χ3n) is 4.36. The fourth-order valence-electron chi connectivity index (χ4n) is 2.87. The number of rotatable bonds is 8. The van der Waals surface area contributed by atoms with Crippen LogP contribution in [0.4, 0.5) is 11.5 Å². The van der Waals surface area contributed by atoms with Crippen molar-refractivity contribution >= 4 is 17.4 Å². The third kappa shape index (κ3) is 5.10. The Hall–Kier alpha value is -3.34. The Labute approximate surface area is 166 Å². The molecule has 28 heavy (non-hydrogen) atoms. The van der Waals surface area contributed by atoms with Crippen molar-refractivity contribution < 1.29 is 9.53 Å². The Morgan fingerprint density at radius 2 is 1.75 bits per heavy atom. The minimum atomic E-state index is -0.186. The second-order valence-electron chi connectivity index (χ2n) is 6.32. The number of hydrogen-bond donors (Lipinski definition) is 1. The average molecular weight is 375 g/mol. The number of carbonyl (C=O) groups is 1. The molecule has 0 fully saturated rings. The van der Waals surface area contributed by atoms with Crippen LogP contribution in [0, 0.1) is 0 Å². The lowest BCUT2D eigenvalue weighted by Gasteiger charge is -2.22. The van der Waals surface area contributed by atoms with Gasteiger partial charge < -0.3 is 15.0 Å². The topological polar surface area (TPSA) is 54.5 Å². The molecule has 144 valence electrons. The summed E-state index contributed by atoms with van der Waals surface area (Å²) in [6.45, 7) is 6.26. The molecule has 1 heterocycles. The van der Waals surface area contributed by atoms with E-state index in [9.17, 15) is 4.79 Å². The summed E-state index contributed by atoms with van der Waals surface area (Å²) in [5, 5.41) is 2.88. The molecule has 5 heteroatoms. The van der Waals surface area contributed by atoms with E-state index in [-0.39, 0.29) is 5.91 Å². The molecule has 0 radical (unpaired) electrons. The van der Waals surface area contributed by atoms with Gasteiger partial charge in [0.15, 0.2) is 0 Å². The zero-order valence-corrected chi connectivity index (χ0v) is 16.3. The van der Waals surface area contributed by atoms with Crippen molar-refractivity contribution in [3.05, 3.63) is 84.1 Å². The van der Waals surface area contributed by atoms with Gasteiger partial charge in [-0.1, -0.05) is 30.3 Å². The monoisotopic (exact) mass is 375 g/mol. The van der Waals surface area contributed by atoms with Crippen molar-refractivity contribution in [3.8, 4) is 5.75 Å². The van der Waals surface area contributed by atoms with Crippen molar-refractivity contribution in [3.63, 3.8) is 0 Å². The summed E-state index contributed by atoms with van der Waals surface area (Å²) < 4.78 is 5.41. The molecule has 3 rings (SSSR count). The van der Waals surface area contributed by atoms with Gasteiger partial charge in [0.1, 0.15) is 11.6 Å². The number of amides is 1. The van der Waals surface area contributed by atoms with E-state index in [1.807, 2.05) is 55.5 Å². The lowest BCUT2D eigenvalue weighted by molar-refractivity contribution is 0.102. The summed E-state index contributed by atoms with van der Waals surface area (Å²) in [4.78, 5) is 19.1. The van der Waals surface area contributed by atoms with Gasteiger partial charge in [-0.15, -0.1) is 0 Å². The molecule has 0 saturated carbocycles. The Balaban J connectivity index is 1.64. The number of nitrogens with zero attached hydrogens (tertiary/aromatic N) is 2. The fourth-order valence-corrected chi connectivity index (χ4v) is 2.87. The highest BCUT2D eigenvalue weighted by molar-refractivity contribution is 6.04. The maximum atomic E-state index is 12.5. The van der Waals surface area contributed by atoms with E-state index in [1.165, 1.54) is 5.56 Å². The third-order valence-corrected chi connectivity index (χ3v) is 4.36. The molecule has 1 aromatic heterocycles. The van der Waals surface area contributed by atoms with Gasteiger partial charge in [-0.3, -0.25) is 4.79 Å². The summed E-state index contributed by atoms with van der Waals surface area (Å²) >= 11 is 0. The summed E-state index contributed by atoms with van der Waals surface area (Å²) in [5.41, 5.74) is 2.47. The van der Waals surface area contributed by atoms with Crippen LogP contribution in [0.3, 0.4) is 0 Å². The van der Waals surface area contributed by atoms with Gasteiger partial charge in [0.25, 0.3) is 5.91 Å². The number of pyridine rings is 1. The minimum Gasteiger partial charge on any atom is -0.494 e. The number of nitrogens with one attached hydrogen (secondary N) is 1. The van der Waals surface area contributed by atoms with Crippen LogP contribution in [-0.2, 0) is 6.54 Å². The van der Waals surface area contributed by atoms with Crippen molar-refractivity contribution in [2.45, 2.75) is 20.4 Å². The standard InChI is InChI=1S/C23H25N3O2/c1-3-26(17-18-8-6-5-7-9-18)22-15-10-19(16-24-22)23(27)25-20-11-13-21(14-12-20)28-4-2/h5-16H,3-4,17H2,1-2H3,(H,25,27). The molecule has 0 atom stereocenters. The van der Waals surface area contributed by atoms with E-state index in [0.717, 1.165) is 30.3 Å². The van der Waals surface area contributed by atoms with Crippen LogP contribution in [0.15, 0.2) is 72.9 Å². The SMILES string of the molecule is CCOc1ccc(NC(=O)c2ccc(N(CC)Cc3ccccc3)nc2)cc1. The number of benzene rings is 2. The first kappa shape index (κ1) is 19.4. The van der Waals surface area contributed by atoms with Crippen LogP contribution in [-0.4, -0.2) is 24.0 Å². The number of ether oxygens (including phenoxy) is 1. The highest BCUT2D eigenvalue weighted by Gasteiger charge is 2.10. The quantitative estimate of drug-likeness (QED) is 0.617. The van der Waals surface area contributed by atoms with Crippen LogP contribution in [0.1, 0.15) is 29.8 Å². The highest BCUT2D eigenvalue weighted by Crippen LogP contribution is 2.18. The lowest BCUT2D eigenvalue weighted by Crippen LogP contribution is -2.23. The molecule has 1 N–H and O–H groups in total. The first-order valence-corrected chi connectivity index (χ1v) is 9.48. The predicted octanol–water partition coefficient (Wildman–Crippen LogP) is 4.76. The zero-order chi connectivity index (χ0) is 19.8. The Morgan fingerprint density at radius 3 is 2.36 bits per heavy atom. The van der Waals surface area contributed by atoms with Gasteiger partial charge in [-0.2, -0.15) is 0 Å². The van der Waals surface area contributed by atoms with Crippen molar-refractivity contribution in [2.75, 3.05) is 23.4 Å². The maximum absolute atomic E-state index is 12.5. The molecular formula is C23H25N3O2. The van der Waals surface area contributed by atoms with Gasteiger partial charge in [-0.25, -0.2) is 4.98 Å².